The summed E-state index contributed by atoms with van der Waals surface area (Å²) in [5.74, 6) is 0. The van der Waals surface area contributed by atoms with Gasteiger partial charge >= 0.3 is 0 Å². The molecule has 0 amide bonds. The zero-order chi connectivity index (χ0) is 5.11. The summed E-state index contributed by atoms with van der Waals surface area (Å²) in [7, 11) is 0. The van der Waals surface area contributed by atoms with Crippen molar-refractivity contribution in [1.29, 1.82) is 0 Å². The van der Waals surface area contributed by atoms with E-state index in [9.17, 15) is 0 Å². The number of hydrogen-bond acceptors (Lipinski definition) is 0. The maximum Gasteiger partial charge on any atom is 0 e. The first-order valence-corrected chi connectivity index (χ1v) is 2.39. The Hall–Kier alpha value is 0.863. The van der Waals surface area contributed by atoms with E-state index in [1.165, 1.54) is 0 Å². The molecule has 0 spiro atoms. The summed E-state index contributed by atoms with van der Waals surface area (Å²) in [6.45, 7) is 0. The molecule has 0 saturated carbocycles. The first-order chi connectivity index (χ1) is 3.39. The van der Waals surface area contributed by atoms with E-state index >= 15 is 0 Å². The number of hydrogen-bond donors (Lipinski definition) is 0. The Morgan fingerprint density at radius 3 is 1.89 bits per heavy atom. The van der Waals surface area contributed by atoms with Crippen molar-refractivity contribution in [3.8, 4) is 0 Å². The zero-order valence-electron chi connectivity index (χ0n) is 4.80. The molecule has 0 aliphatic carbocycles. The maximum atomic E-state index is 5.52. The van der Waals surface area contributed by atoms with Crippen LogP contribution in [0.5, 0.6) is 0 Å². The molecule has 0 atom stereocenters. The average molecular weight is 305 g/mol. The van der Waals surface area contributed by atoms with Gasteiger partial charge in [-0.05, 0) is 0 Å². The fraction of sp³-hybridized carbons (Fsp3) is 0. The van der Waals surface area contributed by atoms with Gasteiger partial charge in [0.05, 0.1) is 0 Å². The smallest absolute Gasteiger partial charge is 0 e. The van der Waals surface area contributed by atoms with E-state index in [-0.39, 0.29) is 43.5 Å². The quantitative estimate of drug-likeness (QED) is 0.393. The van der Waals surface area contributed by atoms with Crippen LogP contribution in [0.25, 0.3) is 0 Å². The van der Waals surface area contributed by atoms with E-state index < -0.39 is 0 Å². The third kappa shape index (κ3) is 5.31. The topological polar surface area (TPSA) is 0 Å². The van der Waals surface area contributed by atoms with Crippen molar-refractivity contribution >= 4 is 35.6 Å². The first-order valence-electron chi connectivity index (χ1n) is 2.01. The largest absolute Gasteiger partial charge is 0.184 e. The molecule has 0 bridgehead atoms. The molecule has 0 aromatic heterocycles. The second-order valence-corrected chi connectivity index (χ2v) is 1.65. The molecule has 0 aliphatic rings. The fourth-order valence-electron chi connectivity index (χ4n) is 0.367. The zero-order valence-corrected chi connectivity index (χ0v) is 10.9. The number of benzene rings is 1. The van der Waals surface area contributed by atoms with Gasteiger partial charge in [-0.1, -0.05) is 5.02 Å². The average Bonchev–Trinajstić information content (AvgIpc) is 1.69. The molecular weight excluding hydrogens is 300 g/mol. The van der Waals surface area contributed by atoms with E-state index in [4.69, 9.17) is 11.6 Å². The van der Waals surface area contributed by atoms with Crippen LogP contribution in [0.3, 0.4) is 0 Å². The van der Waals surface area contributed by atoms with E-state index in [2.05, 4.69) is 6.07 Å². The predicted molar refractivity (Wildman–Crippen MR) is 45.7 cm³/mol. The Bertz CT molecular complexity index is 143. The summed E-state index contributed by atoms with van der Waals surface area (Å²) in [6.07, 6.45) is 0. The number of rotatable bonds is 0. The van der Waals surface area contributed by atoms with E-state index in [0.717, 1.165) is 5.02 Å². The molecule has 0 saturated heterocycles. The molecule has 9 heavy (non-hydrogen) atoms. The number of halogens is 2. The molecule has 46 valence electrons. The minimum Gasteiger partial charge on any atom is -0.184 e. The molecule has 3 heteroatoms. The van der Waals surface area contributed by atoms with Crippen LogP contribution >= 0.6 is 35.6 Å². The van der Waals surface area contributed by atoms with Crippen molar-refractivity contribution in [3.63, 3.8) is 0 Å². The van der Waals surface area contributed by atoms with Crippen molar-refractivity contribution in [3.05, 3.63) is 35.4 Å². The Labute approximate surface area is 89.8 Å². The summed E-state index contributed by atoms with van der Waals surface area (Å²) < 4.78 is 0. The third-order valence-corrected chi connectivity index (χ3v) is 0.930. The van der Waals surface area contributed by atoms with Gasteiger partial charge in [-0.25, -0.2) is 0 Å². The van der Waals surface area contributed by atoms with Crippen LogP contribution in [-0.2, 0) is 19.5 Å². The van der Waals surface area contributed by atoms with Gasteiger partial charge in [0.1, 0.15) is 0 Å². The molecule has 0 nitrogen and oxygen atoms in total. The van der Waals surface area contributed by atoms with E-state index in [1.807, 2.05) is 0 Å². The molecule has 1 aromatic rings. The predicted octanol–water partition coefficient (Wildman–Crippen LogP) is 2.76. The molecule has 0 unspecified atom stereocenters. The van der Waals surface area contributed by atoms with Crippen LogP contribution in [0.2, 0.25) is 5.02 Å². The molecule has 1 rings (SSSR count). The van der Waals surface area contributed by atoms with Crippen molar-refractivity contribution in [1.82, 2.24) is 0 Å². The standard InChI is InChI=1S/C6H4Cl.HI.Zn/c7-6-4-2-1-3-5-6;;/h2-5H;1H;/q-1;;. The minimum atomic E-state index is 0. The van der Waals surface area contributed by atoms with Crippen LogP contribution < -0.4 is 0 Å². The molecule has 0 N–H and O–H groups in total. The van der Waals surface area contributed by atoms with Crippen LogP contribution in [0, 0.1) is 6.07 Å². The monoisotopic (exact) mass is 303 g/mol. The summed E-state index contributed by atoms with van der Waals surface area (Å²) in [5, 5.41) is 0.763. The second-order valence-electron chi connectivity index (χ2n) is 1.22. The second kappa shape index (κ2) is 6.98. The Morgan fingerprint density at radius 2 is 1.67 bits per heavy atom. The van der Waals surface area contributed by atoms with Crippen LogP contribution in [0.4, 0.5) is 0 Å². The Kier molecular flexibility index (Phi) is 9.71. The van der Waals surface area contributed by atoms with Crippen LogP contribution in [0.1, 0.15) is 0 Å². The SMILES string of the molecule is Clc1cc[c-]cc1.I.[Zn]. The van der Waals surface area contributed by atoms with Crippen LogP contribution in [-0.4, -0.2) is 0 Å². The summed E-state index contributed by atoms with van der Waals surface area (Å²) >= 11 is 5.52. The molecule has 0 heterocycles. The van der Waals surface area contributed by atoms with E-state index in [0.29, 0.717) is 0 Å². The molecule has 0 radical (unpaired) electrons. The Balaban J connectivity index is 0. The first kappa shape index (κ1) is 12.5. The summed E-state index contributed by atoms with van der Waals surface area (Å²) in [4.78, 5) is 0. The van der Waals surface area contributed by atoms with Gasteiger partial charge in [0.2, 0.25) is 0 Å². The van der Waals surface area contributed by atoms with Gasteiger partial charge in [0.15, 0.2) is 0 Å². The van der Waals surface area contributed by atoms with Crippen molar-refractivity contribution < 1.29 is 19.5 Å². The summed E-state index contributed by atoms with van der Waals surface area (Å²) in [5.41, 5.74) is 0. The van der Waals surface area contributed by atoms with Crippen molar-refractivity contribution in [2.45, 2.75) is 0 Å². The maximum absolute atomic E-state index is 5.52. The Morgan fingerprint density at radius 1 is 1.22 bits per heavy atom. The summed E-state index contributed by atoms with van der Waals surface area (Å²) in [6, 6.07) is 10.00. The van der Waals surface area contributed by atoms with E-state index in [1.54, 1.807) is 24.3 Å². The van der Waals surface area contributed by atoms with Crippen molar-refractivity contribution in [2.24, 2.45) is 0 Å². The minimum absolute atomic E-state index is 0. The molecule has 0 fully saturated rings. The van der Waals surface area contributed by atoms with Gasteiger partial charge in [-0.15, -0.1) is 35.6 Å². The van der Waals surface area contributed by atoms with Gasteiger partial charge in [0.25, 0.3) is 0 Å². The van der Waals surface area contributed by atoms with Gasteiger partial charge in [-0.2, -0.15) is 30.3 Å². The van der Waals surface area contributed by atoms with Gasteiger partial charge in [-0.3, -0.25) is 0 Å². The third-order valence-electron chi connectivity index (χ3n) is 0.678. The van der Waals surface area contributed by atoms with Crippen LogP contribution in [0.15, 0.2) is 24.3 Å². The molecule has 0 aliphatic heterocycles. The van der Waals surface area contributed by atoms with Crippen molar-refractivity contribution in [2.75, 3.05) is 0 Å². The normalized spacial score (nSPS) is 6.78. The van der Waals surface area contributed by atoms with Gasteiger partial charge in [0, 0.05) is 19.5 Å². The fourth-order valence-corrected chi connectivity index (χ4v) is 0.493. The van der Waals surface area contributed by atoms with Gasteiger partial charge < -0.3 is 0 Å². The molecule has 1 aromatic carbocycles. The molecular formula is C6H5ClIZn-.